The number of methoxy groups -OCH3 is 1. The second-order valence-electron chi connectivity index (χ2n) is 6.79. The van der Waals surface area contributed by atoms with E-state index in [9.17, 15) is 9.59 Å². The largest absolute Gasteiger partial charge is 0.469 e. The molecule has 0 spiro atoms. The minimum absolute atomic E-state index is 0.0437. The summed E-state index contributed by atoms with van der Waals surface area (Å²) in [5, 5.41) is 0. The lowest BCUT2D eigenvalue weighted by Crippen LogP contribution is -2.46. The predicted molar refractivity (Wildman–Crippen MR) is 92.9 cm³/mol. The molecule has 2 saturated heterocycles. The maximum atomic E-state index is 12.3. The third-order valence-electron chi connectivity index (χ3n) is 5.13. The number of hydrogen-bond donors (Lipinski definition) is 0. The highest BCUT2D eigenvalue weighted by molar-refractivity contribution is 5.72. The van der Waals surface area contributed by atoms with Crippen molar-refractivity contribution in [3.63, 3.8) is 0 Å². The minimum atomic E-state index is -0.257. The summed E-state index contributed by atoms with van der Waals surface area (Å²) >= 11 is 0. The quantitative estimate of drug-likeness (QED) is 0.783. The molecule has 0 unspecified atom stereocenters. The van der Waals surface area contributed by atoms with Crippen LogP contribution in [0.25, 0.3) is 0 Å². The monoisotopic (exact) mass is 346 g/mol. The van der Waals surface area contributed by atoms with E-state index >= 15 is 0 Å². The number of piperidine rings is 1. The van der Waals surface area contributed by atoms with E-state index in [-0.39, 0.29) is 18.0 Å². The van der Waals surface area contributed by atoms with Crippen LogP contribution in [0.15, 0.2) is 30.3 Å². The van der Waals surface area contributed by atoms with Crippen LogP contribution in [0, 0.1) is 5.92 Å². The van der Waals surface area contributed by atoms with Gasteiger partial charge < -0.3 is 14.4 Å². The molecule has 0 aromatic heterocycles. The highest BCUT2D eigenvalue weighted by atomic mass is 16.6. The second-order valence-corrected chi connectivity index (χ2v) is 6.79. The maximum absolute atomic E-state index is 12.3. The lowest BCUT2D eigenvalue weighted by Gasteiger charge is -2.35. The third-order valence-corrected chi connectivity index (χ3v) is 5.13. The van der Waals surface area contributed by atoms with Gasteiger partial charge in [0.15, 0.2) is 0 Å². The molecule has 1 amide bonds. The molecule has 6 nitrogen and oxygen atoms in total. The molecule has 2 heterocycles. The molecule has 2 atom stereocenters. The van der Waals surface area contributed by atoms with Crippen molar-refractivity contribution in [3.05, 3.63) is 35.9 Å². The van der Waals surface area contributed by atoms with Gasteiger partial charge in [-0.05, 0) is 31.4 Å². The molecule has 2 aliphatic heterocycles. The van der Waals surface area contributed by atoms with E-state index in [1.54, 1.807) is 4.90 Å². The summed E-state index contributed by atoms with van der Waals surface area (Å²) in [6, 6.07) is 10.0. The van der Waals surface area contributed by atoms with Gasteiger partial charge in [0.05, 0.1) is 13.0 Å². The van der Waals surface area contributed by atoms with E-state index in [0.29, 0.717) is 25.7 Å². The molecular weight excluding hydrogens is 320 g/mol. The van der Waals surface area contributed by atoms with Gasteiger partial charge in [0.2, 0.25) is 0 Å². The van der Waals surface area contributed by atoms with E-state index in [0.717, 1.165) is 37.9 Å². The molecule has 0 N–H and O–H groups in total. The molecule has 0 radical (unpaired) electrons. The molecule has 0 aliphatic carbocycles. The van der Waals surface area contributed by atoms with E-state index in [1.807, 2.05) is 30.3 Å². The Hall–Kier alpha value is -2.08. The van der Waals surface area contributed by atoms with Gasteiger partial charge in [-0.2, -0.15) is 0 Å². The third kappa shape index (κ3) is 4.51. The number of amides is 1. The summed E-state index contributed by atoms with van der Waals surface area (Å²) in [6.07, 6.45) is 2.55. The Morgan fingerprint density at radius 1 is 1.12 bits per heavy atom. The highest BCUT2D eigenvalue weighted by Crippen LogP contribution is 2.24. The standard InChI is InChI=1S/C19H26N2O4/c1-24-18(22)16-8-5-10-20(12-16)17-9-11-21(13-17)19(23)25-14-15-6-3-2-4-7-15/h2-4,6-7,16-17H,5,8-14H2,1H3/t16-,17+/m1/s1. The van der Waals surface area contributed by atoms with Crippen molar-refractivity contribution in [2.45, 2.75) is 31.9 Å². The number of benzene rings is 1. The second kappa shape index (κ2) is 8.34. The van der Waals surface area contributed by atoms with Crippen molar-refractivity contribution in [1.82, 2.24) is 9.80 Å². The number of carbonyl (C=O) groups excluding carboxylic acids is 2. The summed E-state index contributed by atoms with van der Waals surface area (Å²) < 4.78 is 10.3. The van der Waals surface area contributed by atoms with Gasteiger partial charge in [-0.15, -0.1) is 0 Å². The Bertz CT molecular complexity index is 592. The van der Waals surface area contributed by atoms with Gasteiger partial charge in [0.1, 0.15) is 6.61 Å². The van der Waals surface area contributed by atoms with E-state index in [1.165, 1.54) is 7.11 Å². The number of nitrogens with zero attached hydrogens (tertiary/aromatic N) is 2. The minimum Gasteiger partial charge on any atom is -0.469 e. The first kappa shape index (κ1) is 17.7. The first-order chi connectivity index (χ1) is 12.2. The van der Waals surface area contributed by atoms with Crippen molar-refractivity contribution in [3.8, 4) is 0 Å². The van der Waals surface area contributed by atoms with Gasteiger partial charge in [-0.1, -0.05) is 30.3 Å². The summed E-state index contributed by atoms with van der Waals surface area (Å²) in [5.41, 5.74) is 0.989. The van der Waals surface area contributed by atoms with Crippen LogP contribution in [0.5, 0.6) is 0 Å². The van der Waals surface area contributed by atoms with Crippen molar-refractivity contribution in [2.24, 2.45) is 5.92 Å². The van der Waals surface area contributed by atoms with Gasteiger partial charge in [0, 0.05) is 25.7 Å². The number of esters is 1. The molecule has 136 valence electrons. The first-order valence-electron chi connectivity index (χ1n) is 8.95. The lowest BCUT2D eigenvalue weighted by atomic mass is 9.96. The number of ether oxygens (including phenoxy) is 2. The molecule has 2 aliphatic rings. The number of likely N-dealkylation sites (tertiary alicyclic amines) is 2. The van der Waals surface area contributed by atoms with Gasteiger partial charge in [0.25, 0.3) is 0 Å². The van der Waals surface area contributed by atoms with Crippen molar-refractivity contribution >= 4 is 12.1 Å². The van der Waals surface area contributed by atoms with E-state index < -0.39 is 0 Å². The van der Waals surface area contributed by atoms with Crippen LogP contribution in [-0.4, -0.2) is 61.2 Å². The van der Waals surface area contributed by atoms with E-state index in [2.05, 4.69) is 4.90 Å². The van der Waals surface area contributed by atoms with Crippen LogP contribution in [0.1, 0.15) is 24.8 Å². The molecule has 1 aromatic rings. The smallest absolute Gasteiger partial charge is 0.410 e. The topological polar surface area (TPSA) is 59.1 Å². The molecule has 0 saturated carbocycles. The average molecular weight is 346 g/mol. The zero-order valence-corrected chi connectivity index (χ0v) is 14.7. The Labute approximate surface area is 148 Å². The Morgan fingerprint density at radius 3 is 2.68 bits per heavy atom. The number of carbonyl (C=O) groups is 2. The summed E-state index contributed by atoms with van der Waals surface area (Å²) in [4.78, 5) is 28.2. The fourth-order valence-electron chi connectivity index (χ4n) is 3.71. The molecule has 2 fully saturated rings. The average Bonchev–Trinajstić information content (AvgIpc) is 3.17. The van der Waals surface area contributed by atoms with Crippen LogP contribution in [0.2, 0.25) is 0 Å². The Morgan fingerprint density at radius 2 is 1.92 bits per heavy atom. The molecule has 25 heavy (non-hydrogen) atoms. The summed E-state index contributed by atoms with van der Waals surface area (Å²) in [7, 11) is 1.45. The van der Waals surface area contributed by atoms with Gasteiger partial charge >= 0.3 is 12.1 Å². The zero-order chi connectivity index (χ0) is 17.6. The molecule has 1 aromatic carbocycles. The van der Waals surface area contributed by atoms with Crippen molar-refractivity contribution in [2.75, 3.05) is 33.3 Å². The lowest BCUT2D eigenvalue weighted by molar-refractivity contribution is -0.147. The Kier molecular flexibility index (Phi) is 5.91. The molecular formula is C19H26N2O4. The highest BCUT2D eigenvalue weighted by Gasteiger charge is 2.35. The Balaban J connectivity index is 1.47. The number of hydrogen-bond acceptors (Lipinski definition) is 5. The molecule has 3 rings (SSSR count). The predicted octanol–water partition coefficient (Wildman–Crippen LogP) is 2.28. The van der Waals surface area contributed by atoms with Crippen LogP contribution < -0.4 is 0 Å². The van der Waals surface area contributed by atoms with Crippen molar-refractivity contribution < 1.29 is 19.1 Å². The SMILES string of the molecule is COC(=O)[C@@H]1CCCN([C@H]2CCN(C(=O)OCc3ccccc3)C2)C1. The fraction of sp³-hybridized carbons (Fsp3) is 0.579. The van der Waals surface area contributed by atoms with Crippen LogP contribution in [0.4, 0.5) is 4.79 Å². The van der Waals surface area contributed by atoms with Gasteiger partial charge in [-0.25, -0.2) is 4.79 Å². The normalized spacial score (nSPS) is 24.1. The number of rotatable bonds is 4. The van der Waals surface area contributed by atoms with E-state index in [4.69, 9.17) is 9.47 Å². The summed E-state index contributed by atoms with van der Waals surface area (Å²) in [6.45, 7) is 3.38. The fourth-order valence-corrected chi connectivity index (χ4v) is 3.71. The summed E-state index contributed by atoms with van der Waals surface area (Å²) in [5.74, 6) is -0.167. The first-order valence-corrected chi connectivity index (χ1v) is 8.95. The van der Waals surface area contributed by atoms with Crippen LogP contribution in [0.3, 0.4) is 0 Å². The van der Waals surface area contributed by atoms with Crippen LogP contribution >= 0.6 is 0 Å². The molecule has 0 bridgehead atoms. The maximum Gasteiger partial charge on any atom is 0.410 e. The van der Waals surface area contributed by atoms with Crippen molar-refractivity contribution in [1.29, 1.82) is 0 Å². The molecule has 6 heteroatoms. The van der Waals surface area contributed by atoms with Gasteiger partial charge in [-0.3, -0.25) is 9.69 Å². The van der Waals surface area contributed by atoms with Crippen LogP contribution in [-0.2, 0) is 20.9 Å². The zero-order valence-electron chi connectivity index (χ0n) is 14.7.